The Bertz CT molecular complexity index is 86.1. The van der Waals surface area contributed by atoms with E-state index in [9.17, 15) is 0 Å². The second kappa shape index (κ2) is 67.6. The Kier molecular flexibility index (Phi) is 113. The van der Waals surface area contributed by atoms with Crippen molar-refractivity contribution in [3.05, 3.63) is 0 Å². The minimum absolute atomic E-state index is 0.913. The van der Waals surface area contributed by atoms with Crippen LogP contribution < -0.4 is 0 Å². The van der Waals surface area contributed by atoms with Gasteiger partial charge in [-0.25, -0.2) is 0 Å². The van der Waals surface area contributed by atoms with E-state index in [1.165, 1.54) is 38.5 Å². The molecule has 0 fully saturated rings. The molecule has 0 N–H and O–H groups in total. The highest BCUT2D eigenvalue weighted by Crippen LogP contribution is 1.83. The van der Waals surface area contributed by atoms with Crippen LogP contribution in [0.2, 0.25) is 0 Å². The van der Waals surface area contributed by atoms with Gasteiger partial charge in [-0.1, -0.05) is 80.6 Å². The molecular weight excluding hydrogens is 286 g/mol. The minimum atomic E-state index is 0.913. The molecule has 150 valence electrons. The monoisotopic (exact) mass is 339 g/mol. The fourth-order valence-electron chi connectivity index (χ4n) is 0.289. The van der Waals surface area contributed by atoms with E-state index in [1.807, 2.05) is 26.0 Å². The van der Waals surface area contributed by atoms with Crippen LogP contribution in [0.1, 0.15) is 87.0 Å². The van der Waals surface area contributed by atoms with Crippen LogP contribution in [0.25, 0.3) is 0 Å². The number of nitrogens with zero attached hydrogens (tertiary/aromatic N) is 1. The summed E-state index contributed by atoms with van der Waals surface area (Å²) in [5.74, 6) is 0. The fourth-order valence-corrected chi connectivity index (χ4v) is 0.289. The summed E-state index contributed by atoms with van der Waals surface area (Å²) in [6.45, 7) is 15.9. The van der Waals surface area contributed by atoms with Crippen LogP contribution in [-0.4, -0.2) is 54.0 Å². The smallest absolute Gasteiger partial charge is 0.0462 e. The first-order valence-corrected chi connectivity index (χ1v) is 9.30. The van der Waals surface area contributed by atoms with Gasteiger partial charge in [-0.2, -0.15) is 0 Å². The molecule has 0 radical (unpaired) electrons. The maximum Gasteiger partial charge on any atom is 0.0462 e. The molecule has 0 aromatic carbocycles. The Balaban J connectivity index is -0.0000000387. The normalized spacial score (nSPS) is 7.57. The molecule has 0 aliphatic rings. The highest BCUT2D eigenvalue weighted by Gasteiger charge is 1.74. The Hall–Kier alpha value is -0.120. The molecule has 3 nitrogen and oxygen atoms in total. The minimum Gasteiger partial charge on any atom is -0.388 e. The largest absolute Gasteiger partial charge is 0.388 e. The molecular formula is C20H53NO2. The quantitative estimate of drug-likeness (QED) is 0.545. The first kappa shape index (κ1) is 38.4. The van der Waals surface area contributed by atoms with Gasteiger partial charge in [0, 0.05) is 27.9 Å². The molecule has 0 aromatic heterocycles. The van der Waals surface area contributed by atoms with Gasteiger partial charge in [-0.3, -0.25) is 0 Å². The highest BCUT2D eigenvalue weighted by molar-refractivity contribution is 4.26. The van der Waals surface area contributed by atoms with Gasteiger partial charge >= 0.3 is 0 Å². The summed E-state index contributed by atoms with van der Waals surface area (Å²) in [4.78, 5) is 2.00. The molecule has 0 aliphatic heterocycles. The SMILES string of the molecule is CCC.CCC.CCCC.CCCCOC.CN(C)C.COC. The molecule has 0 rings (SSSR count). The molecule has 0 heterocycles. The van der Waals surface area contributed by atoms with Gasteiger partial charge in [-0.05, 0) is 27.6 Å². The van der Waals surface area contributed by atoms with Crippen molar-refractivity contribution in [2.24, 2.45) is 0 Å². The maximum absolute atomic E-state index is 4.78. The Morgan fingerprint density at radius 2 is 0.826 bits per heavy atom. The summed E-state index contributed by atoms with van der Waals surface area (Å²) < 4.78 is 9.03. The topological polar surface area (TPSA) is 21.7 Å². The zero-order valence-electron chi connectivity index (χ0n) is 19.2. The molecule has 0 bridgehead atoms. The van der Waals surface area contributed by atoms with Crippen molar-refractivity contribution >= 4 is 0 Å². The van der Waals surface area contributed by atoms with Crippen LogP contribution in [-0.2, 0) is 9.47 Å². The van der Waals surface area contributed by atoms with Crippen LogP contribution >= 0.6 is 0 Å². The van der Waals surface area contributed by atoms with Crippen molar-refractivity contribution in [2.75, 3.05) is 49.1 Å². The second-order valence-corrected chi connectivity index (χ2v) is 5.51. The van der Waals surface area contributed by atoms with Crippen molar-refractivity contribution in [3.8, 4) is 0 Å². The molecule has 3 heteroatoms. The number of methoxy groups -OCH3 is 2. The van der Waals surface area contributed by atoms with E-state index < -0.39 is 0 Å². The average Bonchev–Trinajstić information content (AvgIpc) is 2.47. The zero-order chi connectivity index (χ0) is 19.9. The van der Waals surface area contributed by atoms with E-state index in [0.29, 0.717) is 0 Å². The van der Waals surface area contributed by atoms with E-state index in [2.05, 4.69) is 53.2 Å². The Morgan fingerprint density at radius 3 is 0.870 bits per heavy atom. The summed E-state index contributed by atoms with van der Waals surface area (Å²) in [6, 6.07) is 0. The maximum atomic E-state index is 4.78. The summed E-state index contributed by atoms with van der Waals surface area (Å²) in [5, 5.41) is 0. The lowest BCUT2D eigenvalue weighted by atomic mass is 10.4. The first-order chi connectivity index (χ1) is 10.8. The van der Waals surface area contributed by atoms with Crippen LogP contribution in [0.5, 0.6) is 0 Å². The third kappa shape index (κ3) is 574. The van der Waals surface area contributed by atoms with Crippen LogP contribution in [0, 0.1) is 0 Å². The summed E-state index contributed by atoms with van der Waals surface area (Å²) in [7, 11) is 11.0. The first-order valence-electron chi connectivity index (χ1n) is 9.30. The molecule has 0 aliphatic carbocycles. The number of hydrogen-bond acceptors (Lipinski definition) is 3. The predicted octanol–water partition coefficient (Wildman–Crippen LogP) is 6.51. The molecule has 0 saturated carbocycles. The Labute approximate surface area is 151 Å². The number of unbranched alkanes of at least 4 members (excludes halogenated alkanes) is 2. The summed E-state index contributed by atoms with van der Waals surface area (Å²) in [6.07, 6.45) is 7.56. The van der Waals surface area contributed by atoms with E-state index in [0.717, 1.165) is 6.61 Å². The molecule has 0 aromatic rings. The van der Waals surface area contributed by atoms with E-state index in [4.69, 9.17) is 4.74 Å². The number of ether oxygens (including phenoxy) is 2. The van der Waals surface area contributed by atoms with Crippen LogP contribution in [0.4, 0.5) is 0 Å². The van der Waals surface area contributed by atoms with Gasteiger partial charge in [0.1, 0.15) is 0 Å². The van der Waals surface area contributed by atoms with Crippen molar-refractivity contribution in [1.82, 2.24) is 4.90 Å². The standard InChI is InChI=1S/C5H12O.C4H10.C3H9N.2C3H8.C2H6O/c1-3-4-5-6-2;1-3-4-2;1-4(2)3;3*1-3-2/h3-5H2,1-2H3;3-4H2,1-2H3;1-3H3;2*3H2,1-2H3;1-2H3. The van der Waals surface area contributed by atoms with Crippen LogP contribution in [0.3, 0.4) is 0 Å². The molecule has 0 unspecified atom stereocenters. The van der Waals surface area contributed by atoms with Gasteiger partial charge in [0.2, 0.25) is 0 Å². The molecule has 0 spiro atoms. The van der Waals surface area contributed by atoms with Crippen LogP contribution in [0.15, 0.2) is 0 Å². The van der Waals surface area contributed by atoms with Crippen molar-refractivity contribution in [2.45, 2.75) is 87.0 Å². The lowest BCUT2D eigenvalue weighted by Gasteiger charge is -1.90. The summed E-state index contributed by atoms with van der Waals surface area (Å²) >= 11 is 0. The van der Waals surface area contributed by atoms with Gasteiger partial charge in [-0.15, -0.1) is 0 Å². The van der Waals surface area contributed by atoms with Crippen molar-refractivity contribution in [1.29, 1.82) is 0 Å². The number of hydrogen-bond donors (Lipinski definition) is 0. The third-order valence-electron chi connectivity index (χ3n) is 1.20. The highest BCUT2D eigenvalue weighted by atomic mass is 16.5. The number of rotatable bonds is 4. The Morgan fingerprint density at radius 1 is 0.609 bits per heavy atom. The second-order valence-electron chi connectivity index (χ2n) is 5.51. The van der Waals surface area contributed by atoms with Crippen molar-refractivity contribution in [3.63, 3.8) is 0 Å². The lowest BCUT2D eigenvalue weighted by molar-refractivity contribution is 0.194. The van der Waals surface area contributed by atoms with Gasteiger partial charge < -0.3 is 14.4 Å². The zero-order valence-corrected chi connectivity index (χ0v) is 19.2. The van der Waals surface area contributed by atoms with Gasteiger partial charge in [0.15, 0.2) is 0 Å². The fraction of sp³-hybridized carbons (Fsp3) is 1.00. The molecule has 0 saturated heterocycles. The molecule has 0 atom stereocenters. The molecule has 0 amide bonds. The summed E-state index contributed by atoms with van der Waals surface area (Å²) in [5.41, 5.74) is 0. The van der Waals surface area contributed by atoms with E-state index in [1.54, 1.807) is 21.3 Å². The lowest BCUT2D eigenvalue weighted by Crippen LogP contribution is -1.99. The van der Waals surface area contributed by atoms with E-state index >= 15 is 0 Å². The van der Waals surface area contributed by atoms with Gasteiger partial charge in [0.05, 0.1) is 0 Å². The van der Waals surface area contributed by atoms with Gasteiger partial charge in [0.25, 0.3) is 0 Å². The predicted molar refractivity (Wildman–Crippen MR) is 112 cm³/mol. The van der Waals surface area contributed by atoms with Crippen molar-refractivity contribution < 1.29 is 9.47 Å². The average molecular weight is 340 g/mol. The molecule has 23 heavy (non-hydrogen) atoms. The third-order valence-corrected chi connectivity index (χ3v) is 1.20. The van der Waals surface area contributed by atoms with E-state index in [-0.39, 0.29) is 0 Å².